The number of aliphatic imine (C=N–C) groups is 1. The lowest BCUT2D eigenvalue weighted by atomic mass is 10.1. The van der Waals surface area contributed by atoms with Crippen LogP contribution in [-0.2, 0) is 6.54 Å². The van der Waals surface area contributed by atoms with Crippen LogP contribution in [0.4, 0.5) is 0 Å². The van der Waals surface area contributed by atoms with Crippen LogP contribution < -0.4 is 10.6 Å². The van der Waals surface area contributed by atoms with Crippen molar-refractivity contribution in [2.24, 2.45) is 4.99 Å². The highest BCUT2D eigenvalue weighted by molar-refractivity contribution is 14.0. The summed E-state index contributed by atoms with van der Waals surface area (Å²) in [5.74, 6) is 0.185. The van der Waals surface area contributed by atoms with Gasteiger partial charge in [0.05, 0.1) is 17.7 Å². The third-order valence-electron chi connectivity index (χ3n) is 4.11. The SMILES string of the molecule is CCNC(=NCc1ccccc1)NCCN1C(=O)c2ccccc2C1=O.I. The molecule has 1 aliphatic heterocycles. The van der Waals surface area contributed by atoms with Crippen molar-refractivity contribution < 1.29 is 9.59 Å². The predicted molar refractivity (Wildman–Crippen MR) is 116 cm³/mol. The van der Waals surface area contributed by atoms with Crippen molar-refractivity contribution in [1.29, 1.82) is 0 Å². The highest BCUT2D eigenvalue weighted by Gasteiger charge is 2.34. The van der Waals surface area contributed by atoms with E-state index in [1.165, 1.54) is 4.90 Å². The predicted octanol–water partition coefficient (Wildman–Crippen LogP) is 2.66. The Hall–Kier alpha value is -2.42. The van der Waals surface area contributed by atoms with Crippen molar-refractivity contribution in [3.8, 4) is 0 Å². The summed E-state index contributed by atoms with van der Waals surface area (Å²) in [6.07, 6.45) is 0. The number of carbonyl (C=O) groups excluding carboxylic acids is 2. The number of amides is 2. The molecule has 2 aromatic carbocycles. The molecule has 0 aliphatic carbocycles. The van der Waals surface area contributed by atoms with Gasteiger partial charge in [-0.25, -0.2) is 4.99 Å². The lowest BCUT2D eigenvalue weighted by molar-refractivity contribution is 0.0657. The number of fused-ring (bicyclic) bond motifs is 1. The Bertz CT molecular complexity index is 789. The van der Waals surface area contributed by atoms with E-state index in [1.807, 2.05) is 37.3 Å². The Morgan fingerprint density at radius 2 is 1.52 bits per heavy atom. The third kappa shape index (κ3) is 5.06. The van der Waals surface area contributed by atoms with Gasteiger partial charge in [0.2, 0.25) is 0 Å². The maximum Gasteiger partial charge on any atom is 0.261 e. The van der Waals surface area contributed by atoms with Gasteiger partial charge in [-0.2, -0.15) is 0 Å². The average Bonchev–Trinajstić information content (AvgIpc) is 2.92. The van der Waals surface area contributed by atoms with Gasteiger partial charge in [0.15, 0.2) is 5.96 Å². The molecule has 0 bridgehead atoms. The summed E-state index contributed by atoms with van der Waals surface area (Å²) in [6.45, 7) is 4.01. The van der Waals surface area contributed by atoms with Gasteiger partial charge in [-0.05, 0) is 24.6 Å². The highest BCUT2D eigenvalue weighted by atomic mass is 127. The van der Waals surface area contributed by atoms with Crippen molar-refractivity contribution in [2.75, 3.05) is 19.6 Å². The fraction of sp³-hybridized carbons (Fsp3) is 0.250. The molecule has 2 amide bonds. The first kappa shape index (κ1) is 20.9. The average molecular weight is 478 g/mol. The molecule has 3 rings (SSSR count). The summed E-state index contributed by atoms with van der Waals surface area (Å²) in [6, 6.07) is 16.9. The summed E-state index contributed by atoms with van der Waals surface area (Å²) in [5, 5.41) is 6.35. The number of hydrogen-bond donors (Lipinski definition) is 2. The number of nitrogens with zero attached hydrogens (tertiary/aromatic N) is 2. The van der Waals surface area contributed by atoms with Gasteiger partial charge in [0.1, 0.15) is 0 Å². The third-order valence-corrected chi connectivity index (χ3v) is 4.11. The van der Waals surface area contributed by atoms with Crippen LogP contribution in [0.25, 0.3) is 0 Å². The molecule has 6 nitrogen and oxygen atoms in total. The van der Waals surface area contributed by atoms with Crippen LogP contribution in [0.1, 0.15) is 33.2 Å². The number of imide groups is 1. The molecule has 0 spiro atoms. The second-order valence-electron chi connectivity index (χ2n) is 5.92. The standard InChI is InChI=1S/C20H22N4O2.HI/c1-2-21-20(23-14-15-8-4-3-5-9-15)22-12-13-24-18(25)16-10-6-7-11-17(16)19(24)26;/h3-11H,2,12-14H2,1H3,(H2,21,22,23);1H. The van der Waals surface area contributed by atoms with E-state index in [9.17, 15) is 9.59 Å². The first-order valence-electron chi connectivity index (χ1n) is 8.72. The van der Waals surface area contributed by atoms with Crippen LogP contribution in [0, 0.1) is 0 Å². The minimum absolute atomic E-state index is 0. The molecule has 0 aromatic heterocycles. The van der Waals surface area contributed by atoms with Crippen LogP contribution >= 0.6 is 24.0 Å². The molecule has 142 valence electrons. The van der Waals surface area contributed by atoms with Crippen LogP contribution in [0.5, 0.6) is 0 Å². The molecule has 0 saturated carbocycles. The first-order chi connectivity index (χ1) is 12.7. The van der Waals surface area contributed by atoms with E-state index < -0.39 is 0 Å². The summed E-state index contributed by atoms with van der Waals surface area (Å²) in [5.41, 5.74) is 2.06. The van der Waals surface area contributed by atoms with E-state index >= 15 is 0 Å². The zero-order valence-corrected chi connectivity index (χ0v) is 17.5. The van der Waals surface area contributed by atoms with Crippen LogP contribution in [0.2, 0.25) is 0 Å². The van der Waals surface area contributed by atoms with Crippen molar-refractivity contribution in [3.63, 3.8) is 0 Å². The zero-order chi connectivity index (χ0) is 18.4. The second-order valence-corrected chi connectivity index (χ2v) is 5.92. The van der Waals surface area contributed by atoms with E-state index in [0.29, 0.717) is 36.7 Å². The molecule has 0 saturated heterocycles. The normalized spacial score (nSPS) is 13.2. The molecule has 27 heavy (non-hydrogen) atoms. The number of carbonyl (C=O) groups is 2. The van der Waals surface area contributed by atoms with E-state index in [0.717, 1.165) is 12.1 Å². The van der Waals surface area contributed by atoms with Gasteiger partial charge in [0.25, 0.3) is 11.8 Å². The summed E-state index contributed by atoms with van der Waals surface area (Å²) in [7, 11) is 0. The zero-order valence-electron chi connectivity index (χ0n) is 15.1. The van der Waals surface area contributed by atoms with Crippen molar-refractivity contribution in [3.05, 3.63) is 71.3 Å². The van der Waals surface area contributed by atoms with Crippen LogP contribution in [0.3, 0.4) is 0 Å². The molecule has 0 radical (unpaired) electrons. The van der Waals surface area contributed by atoms with Gasteiger partial charge < -0.3 is 10.6 Å². The molecule has 1 aliphatic rings. The number of benzene rings is 2. The molecule has 7 heteroatoms. The Balaban J connectivity index is 0.00000261. The fourth-order valence-electron chi connectivity index (χ4n) is 2.82. The largest absolute Gasteiger partial charge is 0.357 e. The molecular formula is C20H23IN4O2. The van der Waals surface area contributed by atoms with E-state index in [-0.39, 0.29) is 35.8 Å². The van der Waals surface area contributed by atoms with Crippen molar-refractivity contribution >= 4 is 41.8 Å². The molecule has 2 N–H and O–H groups in total. The van der Waals surface area contributed by atoms with Gasteiger partial charge >= 0.3 is 0 Å². The number of nitrogens with one attached hydrogen (secondary N) is 2. The smallest absolute Gasteiger partial charge is 0.261 e. The highest BCUT2D eigenvalue weighted by Crippen LogP contribution is 2.21. The lowest BCUT2D eigenvalue weighted by Gasteiger charge is -2.16. The number of hydrogen-bond acceptors (Lipinski definition) is 3. The Labute approximate surface area is 176 Å². The van der Waals surface area contributed by atoms with Gasteiger partial charge in [-0.15, -0.1) is 24.0 Å². The van der Waals surface area contributed by atoms with Crippen molar-refractivity contribution in [1.82, 2.24) is 15.5 Å². The van der Waals surface area contributed by atoms with Gasteiger partial charge in [-0.3, -0.25) is 14.5 Å². The maximum atomic E-state index is 12.4. The number of guanidine groups is 1. The lowest BCUT2D eigenvalue weighted by Crippen LogP contribution is -2.43. The fourth-order valence-corrected chi connectivity index (χ4v) is 2.82. The van der Waals surface area contributed by atoms with Crippen LogP contribution in [0.15, 0.2) is 59.6 Å². The first-order valence-corrected chi connectivity index (χ1v) is 8.72. The van der Waals surface area contributed by atoms with Crippen LogP contribution in [-0.4, -0.2) is 42.3 Å². The molecular weight excluding hydrogens is 455 g/mol. The number of rotatable bonds is 6. The summed E-state index contributed by atoms with van der Waals surface area (Å²) in [4.78, 5) is 30.5. The summed E-state index contributed by atoms with van der Waals surface area (Å²) < 4.78 is 0. The van der Waals surface area contributed by atoms with Crippen molar-refractivity contribution in [2.45, 2.75) is 13.5 Å². The minimum atomic E-state index is -0.237. The van der Waals surface area contributed by atoms with E-state index in [1.54, 1.807) is 24.3 Å². The molecule has 0 atom stereocenters. The van der Waals surface area contributed by atoms with E-state index in [2.05, 4.69) is 15.6 Å². The minimum Gasteiger partial charge on any atom is -0.357 e. The monoisotopic (exact) mass is 478 g/mol. The number of halogens is 1. The maximum absolute atomic E-state index is 12.4. The Kier molecular flexibility index (Phi) is 7.78. The summed E-state index contributed by atoms with van der Waals surface area (Å²) >= 11 is 0. The Morgan fingerprint density at radius 1 is 0.926 bits per heavy atom. The molecule has 0 fully saturated rings. The quantitative estimate of drug-likeness (QED) is 0.290. The second kappa shape index (κ2) is 10.1. The molecule has 0 unspecified atom stereocenters. The topological polar surface area (TPSA) is 73.8 Å². The Morgan fingerprint density at radius 3 is 2.11 bits per heavy atom. The molecule has 1 heterocycles. The molecule has 2 aromatic rings. The van der Waals surface area contributed by atoms with Gasteiger partial charge in [0, 0.05) is 19.6 Å². The van der Waals surface area contributed by atoms with Gasteiger partial charge in [-0.1, -0.05) is 42.5 Å². The van der Waals surface area contributed by atoms with E-state index in [4.69, 9.17) is 0 Å².